The molecule has 0 spiro atoms. The Morgan fingerprint density at radius 2 is 1.65 bits per heavy atom. The number of carbonyl (C=O) groups is 2. The summed E-state index contributed by atoms with van der Waals surface area (Å²) in [5.74, 6) is -1.69. The van der Waals surface area contributed by atoms with E-state index in [2.05, 4.69) is 0 Å². The predicted octanol–water partition coefficient (Wildman–Crippen LogP) is 2.95. The molecule has 0 aliphatic rings. The Bertz CT molecular complexity index is 1030. The van der Waals surface area contributed by atoms with Crippen LogP contribution in [-0.2, 0) is 4.79 Å². The van der Waals surface area contributed by atoms with Crippen molar-refractivity contribution in [1.82, 2.24) is 0 Å². The fraction of sp³-hybridized carbons (Fsp3) is 0.105. The standard InChI is InChI=1S/C19H14O7/c1-11(20)24-13-9-6-10-14-15(13)16(17(23-2)19(22)25-14)26-18(21)12-7-4-3-5-8-12/h3-10H,1-2H3. The van der Waals surface area contributed by atoms with Crippen molar-refractivity contribution in [3.63, 3.8) is 0 Å². The number of hydrogen-bond acceptors (Lipinski definition) is 7. The summed E-state index contributed by atoms with van der Waals surface area (Å²) in [6.45, 7) is 1.23. The number of benzene rings is 2. The van der Waals surface area contributed by atoms with Gasteiger partial charge in [-0.15, -0.1) is 0 Å². The van der Waals surface area contributed by atoms with Crippen molar-refractivity contribution < 1.29 is 28.2 Å². The fourth-order valence-electron chi connectivity index (χ4n) is 2.41. The van der Waals surface area contributed by atoms with Crippen LogP contribution in [0.3, 0.4) is 0 Å². The molecule has 0 fully saturated rings. The molecule has 0 aliphatic heterocycles. The molecule has 0 atom stereocenters. The van der Waals surface area contributed by atoms with E-state index in [0.717, 1.165) is 0 Å². The van der Waals surface area contributed by atoms with Crippen molar-refractivity contribution in [2.75, 3.05) is 7.11 Å². The summed E-state index contributed by atoms with van der Waals surface area (Å²) in [6.07, 6.45) is 0. The van der Waals surface area contributed by atoms with Gasteiger partial charge in [0.1, 0.15) is 16.7 Å². The number of esters is 2. The van der Waals surface area contributed by atoms with Gasteiger partial charge in [0, 0.05) is 6.92 Å². The van der Waals surface area contributed by atoms with Gasteiger partial charge in [0.05, 0.1) is 12.7 Å². The highest BCUT2D eigenvalue weighted by atomic mass is 16.6. The summed E-state index contributed by atoms with van der Waals surface area (Å²) >= 11 is 0. The summed E-state index contributed by atoms with van der Waals surface area (Å²) in [5.41, 5.74) is -0.456. The van der Waals surface area contributed by atoms with Crippen molar-refractivity contribution in [1.29, 1.82) is 0 Å². The number of methoxy groups -OCH3 is 1. The zero-order valence-electron chi connectivity index (χ0n) is 14.0. The Kier molecular flexibility index (Phi) is 4.70. The van der Waals surface area contributed by atoms with Crippen LogP contribution in [0.1, 0.15) is 17.3 Å². The second-order valence-corrected chi connectivity index (χ2v) is 5.23. The maximum Gasteiger partial charge on any atom is 0.383 e. The second-order valence-electron chi connectivity index (χ2n) is 5.23. The van der Waals surface area contributed by atoms with Gasteiger partial charge in [-0.1, -0.05) is 24.3 Å². The Morgan fingerprint density at radius 3 is 2.31 bits per heavy atom. The van der Waals surface area contributed by atoms with Gasteiger partial charge in [-0.25, -0.2) is 9.59 Å². The lowest BCUT2D eigenvalue weighted by atomic mass is 10.2. The van der Waals surface area contributed by atoms with Crippen LogP contribution in [0.15, 0.2) is 57.7 Å². The molecule has 0 N–H and O–H groups in total. The number of hydrogen-bond donors (Lipinski definition) is 0. The van der Waals surface area contributed by atoms with E-state index in [1.54, 1.807) is 36.4 Å². The molecule has 7 nitrogen and oxygen atoms in total. The van der Waals surface area contributed by atoms with E-state index in [4.69, 9.17) is 18.6 Å². The highest BCUT2D eigenvalue weighted by molar-refractivity contribution is 5.98. The minimum Gasteiger partial charge on any atom is -0.487 e. The predicted molar refractivity (Wildman–Crippen MR) is 91.7 cm³/mol. The molecule has 3 rings (SSSR count). The van der Waals surface area contributed by atoms with E-state index in [9.17, 15) is 14.4 Å². The third-order valence-electron chi connectivity index (χ3n) is 3.47. The number of carbonyl (C=O) groups excluding carboxylic acids is 2. The average molecular weight is 354 g/mol. The molecule has 26 heavy (non-hydrogen) atoms. The monoisotopic (exact) mass is 354 g/mol. The van der Waals surface area contributed by atoms with Crippen molar-refractivity contribution in [2.45, 2.75) is 6.92 Å². The van der Waals surface area contributed by atoms with Gasteiger partial charge < -0.3 is 18.6 Å². The van der Waals surface area contributed by atoms with Gasteiger partial charge in [-0.05, 0) is 24.3 Å². The van der Waals surface area contributed by atoms with Gasteiger partial charge in [0.2, 0.25) is 5.75 Å². The molecule has 7 heteroatoms. The first-order chi connectivity index (χ1) is 12.5. The van der Waals surface area contributed by atoms with E-state index in [-0.39, 0.29) is 33.8 Å². The molecule has 0 amide bonds. The third-order valence-corrected chi connectivity index (χ3v) is 3.47. The van der Waals surface area contributed by atoms with Crippen LogP contribution in [0.2, 0.25) is 0 Å². The summed E-state index contributed by atoms with van der Waals surface area (Å²) in [7, 11) is 1.24. The zero-order chi connectivity index (χ0) is 18.7. The molecule has 132 valence electrons. The number of ether oxygens (including phenoxy) is 3. The molecule has 0 saturated heterocycles. The molecule has 0 saturated carbocycles. The minimum absolute atomic E-state index is 0.0768. The molecule has 1 heterocycles. The molecular weight excluding hydrogens is 340 g/mol. The maximum absolute atomic E-state index is 12.5. The Balaban J connectivity index is 2.22. The topological polar surface area (TPSA) is 92.0 Å². The smallest absolute Gasteiger partial charge is 0.383 e. The maximum atomic E-state index is 12.5. The normalized spacial score (nSPS) is 10.4. The summed E-state index contributed by atoms with van der Waals surface area (Å²) < 4.78 is 20.8. The van der Waals surface area contributed by atoms with Gasteiger partial charge in [0.15, 0.2) is 5.75 Å². The van der Waals surface area contributed by atoms with Crippen LogP contribution >= 0.6 is 0 Å². The molecule has 3 aromatic rings. The Morgan fingerprint density at radius 1 is 0.923 bits per heavy atom. The Hall–Kier alpha value is -3.61. The Labute approximate surface area is 147 Å². The van der Waals surface area contributed by atoms with E-state index < -0.39 is 17.6 Å². The number of rotatable bonds is 4. The van der Waals surface area contributed by atoms with E-state index in [1.165, 1.54) is 26.2 Å². The van der Waals surface area contributed by atoms with Crippen LogP contribution in [0, 0.1) is 0 Å². The summed E-state index contributed by atoms with van der Waals surface area (Å²) in [4.78, 5) is 36.0. The molecule has 0 radical (unpaired) electrons. The van der Waals surface area contributed by atoms with Crippen LogP contribution < -0.4 is 19.8 Å². The first-order valence-corrected chi connectivity index (χ1v) is 7.60. The van der Waals surface area contributed by atoms with Crippen molar-refractivity contribution in [3.8, 4) is 17.2 Å². The first-order valence-electron chi connectivity index (χ1n) is 7.60. The lowest BCUT2D eigenvalue weighted by Crippen LogP contribution is -2.14. The van der Waals surface area contributed by atoms with Crippen molar-refractivity contribution >= 4 is 22.9 Å². The highest BCUT2D eigenvalue weighted by Crippen LogP contribution is 2.39. The quantitative estimate of drug-likeness (QED) is 0.404. The molecule has 2 aromatic carbocycles. The largest absolute Gasteiger partial charge is 0.487 e. The van der Waals surface area contributed by atoms with Crippen molar-refractivity contribution in [2.24, 2.45) is 0 Å². The van der Waals surface area contributed by atoms with Crippen LogP contribution in [0.25, 0.3) is 11.0 Å². The van der Waals surface area contributed by atoms with Crippen molar-refractivity contribution in [3.05, 3.63) is 64.5 Å². The minimum atomic E-state index is -0.823. The second kappa shape index (κ2) is 7.10. The lowest BCUT2D eigenvalue weighted by molar-refractivity contribution is -0.131. The fourth-order valence-corrected chi connectivity index (χ4v) is 2.41. The molecule has 0 aliphatic carbocycles. The van der Waals surface area contributed by atoms with Gasteiger partial charge in [-0.3, -0.25) is 4.79 Å². The summed E-state index contributed by atoms with van der Waals surface area (Å²) in [5, 5.41) is 0.142. The molecule has 0 bridgehead atoms. The van der Waals surface area contributed by atoms with Gasteiger partial charge in [0.25, 0.3) is 0 Å². The van der Waals surface area contributed by atoms with E-state index >= 15 is 0 Å². The van der Waals surface area contributed by atoms with Gasteiger partial charge in [-0.2, -0.15) is 0 Å². The molecule has 1 aromatic heterocycles. The number of fused-ring (bicyclic) bond motifs is 1. The summed E-state index contributed by atoms with van der Waals surface area (Å²) in [6, 6.07) is 12.8. The van der Waals surface area contributed by atoms with E-state index in [1.807, 2.05) is 0 Å². The van der Waals surface area contributed by atoms with Crippen LogP contribution in [-0.4, -0.2) is 19.0 Å². The van der Waals surface area contributed by atoms with E-state index in [0.29, 0.717) is 0 Å². The lowest BCUT2D eigenvalue weighted by Gasteiger charge is -2.13. The zero-order valence-corrected chi connectivity index (χ0v) is 14.0. The average Bonchev–Trinajstić information content (AvgIpc) is 2.62. The van der Waals surface area contributed by atoms with Gasteiger partial charge >= 0.3 is 17.6 Å². The van der Waals surface area contributed by atoms with Crippen LogP contribution in [0.5, 0.6) is 17.2 Å². The molecule has 0 unspecified atom stereocenters. The highest BCUT2D eigenvalue weighted by Gasteiger charge is 2.24. The van der Waals surface area contributed by atoms with Crippen LogP contribution in [0.4, 0.5) is 0 Å². The third kappa shape index (κ3) is 3.27. The molecular formula is C19H14O7. The first kappa shape index (κ1) is 17.2. The SMILES string of the molecule is COc1c(OC(=O)c2ccccc2)c2c(OC(C)=O)cccc2oc1=O.